The maximum absolute atomic E-state index is 12.0. The first-order valence-corrected chi connectivity index (χ1v) is 9.63. The Morgan fingerprint density at radius 3 is 2.50 bits per heavy atom. The molecule has 0 aliphatic carbocycles. The topological polar surface area (TPSA) is 46.2 Å². The van der Waals surface area contributed by atoms with Crippen molar-refractivity contribution in [1.82, 2.24) is 4.72 Å². The van der Waals surface area contributed by atoms with Gasteiger partial charge >= 0.3 is 0 Å². The zero-order chi connectivity index (χ0) is 13.9. The minimum atomic E-state index is -3.38. The standard InChI is InChI=1S/C11H17Br2NO2S2/c1-7(2)4-9(12)6-14-18(15,16)10-5-8(3)11(13)17-10/h5,7,9,14H,4,6H2,1-3H3. The maximum Gasteiger partial charge on any atom is 0.250 e. The van der Waals surface area contributed by atoms with Gasteiger partial charge in [-0.2, -0.15) is 0 Å². The Bertz CT molecular complexity index is 478. The molecule has 1 heterocycles. The van der Waals surface area contributed by atoms with Crippen molar-refractivity contribution < 1.29 is 8.42 Å². The molecule has 0 aliphatic rings. The van der Waals surface area contributed by atoms with Gasteiger partial charge in [0.15, 0.2) is 0 Å². The van der Waals surface area contributed by atoms with Crippen molar-refractivity contribution >= 4 is 53.2 Å². The van der Waals surface area contributed by atoms with E-state index >= 15 is 0 Å². The fraction of sp³-hybridized carbons (Fsp3) is 0.636. The van der Waals surface area contributed by atoms with Gasteiger partial charge in [0.05, 0.1) is 3.79 Å². The normalized spacial score (nSPS) is 14.1. The van der Waals surface area contributed by atoms with Crippen LogP contribution >= 0.6 is 43.2 Å². The second kappa shape index (κ2) is 6.83. The molecule has 7 heteroatoms. The van der Waals surface area contributed by atoms with Gasteiger partial charge in [-0.05, 0) is 46.8 Å². The minimum absolute atomic E-state index is 0.164. The van der Waals surface area contributed by atoms with E-state index < -0.39 is 10.0 Å². The highest BCUT2D eigenvalue weighted by atomic mass is 79.9. The van der Waals surface area contributed by atoms with E-state index in [1.54, 1.807) is 6.07 Å². The summed E-state index contributed by atoms with van der Waals surface area (Å²) in [5.41, 5.74) is 0.943. The van der Waals surface area contributed by atoms with Crippen LogP contribution in [0.3, 0.4) is 0 Å². The highest BCUT2D eigenvalue weighted by Crippen LogP contribution is 2.30. The highest BCUT2D eigenvalue weighted by Gasteiger charge is 2.19. The monoisotopic (exact) mass is 417 g/mol. The summed E-state index contributed by atoms with van der Waals surface area (Å²) in [6.07, 6.45) is 0.940. The van der Waals surface area contributed by atoms with Crippen molar-refractivity contribution in [2.24, 2.45) is 5.92 Å². The van der Waals surface area contributed by atoms with Crippen LogP contribution in [0.15, 0.2) is 14.1 Å². The van der Waals surface area contributed by atoms with Crippen LogP contribution in [0, 0.1) is 12.8 Å². The summed E-state index contributed by atoms with van der Waals surface area (Å²) in [7, 11) is -3.38. The summed E-state index contributed by atoms with van der Waals surface area (Å²) in [5.74, 6) is 0.539. The molecular weight excluding hydrogens is 402 g/mol. The lowest BCUT2D eigenvalue weighted by Gasteiger charge is -2.12. The zero-order valence-corrected chi connectivity index (χ0v) is 15.3. The fourth-order valence-corrected chi connectivity index (χ4v) is 5.91. The molecule has 1 unspecified atom stereocenters. The molecule has 1 rings (SSSR count). The Kier molecular flexibility index (Phi) is 6.31. The number of hydrogen-bond donors (Lipinski definition) is 1. The average molecular weight is 419 g/mol. The molecule has 1 aromatic heterocycles. The number of alkyl halides is 1. The first kappa shape index (κ1) is 16.6. The van der Waals surface area contributed by atoms with Crippen molar-refractivity contribution in [1.29, 1.82) is 0 Å². The summed E-state index contributed by atoms with van der Waals surface area (Å²) in [6.45, 7) is 6.52. The second-order valence-electron chi connectivity index (χ2n) is 4.60. The summed E-state index contributed by atoms with van der Waals surface area (Å²) >= 11 is 8.07. The van der Waals surface area contributed by atoms with E-state index in [1.807, 2.05) is 6.92 Å². The molecule has 0 amide bonds. The lowest BCUT2D eigenvalue weighted by molar-refractivity contribution is 0.552. The van der Waals surface area contributed by atoms with Crippen LogP contribution in [0.25, 0.3) is 0 Å². The van der Waals surface area contributed by atoms with E-state index in [2.05, 4.69) is 50.4 Å². The number of halogens is 2. The molecule has 0 saturated carbocycles. The van der Waals surface area contributed by atoms with Crippen molar-refractivity contribution in [3.8, 4) is 0 Å². The van der Waals surface area contributed by atoms with Gasteiger partial charge in [-0.1, -0.05) is 29.8 Å². The summed E-state index contributed by atoms with van der Waals surface area (Å²) in [5, 5.41) is 0. The first-order chi connectivity index (χ1) is 8.22. The second-order valence-corrected chi connectivity index (χ2v) is 10.3. The molecule has 0 saturated heterocycles. The first-order valence-electron chi connectivity index (χ1n) is 5.62. The number of nitrogens with one attached hydrogen (secondary N) is 1. The van der Waals surface area contributed by atoms with Gasteiger partial charge in [-0.15, -0.1) is 11.3 Å². The maximum atomic E-state index is 12.0. The van der Waals surface area contributed by atoms with E-state index in [-0.39, 0.29) is 4.83 Å². The molecule has 1 N–H and O–H groups in total. The molecule has 104 valence electrons. The smallest absolute Gasteiger partial charge is 0.209 e. The summed E-state index contributed by atoms with van der Waals surface area (Å²) < 4.78 is 27.9. The van der Waals surface area contributed by atoms with Gasteiger partial charge in [0, 0.05) is 11.4 Å². The predicted octanol–water partition coefficient (Wildman–Crippen LogP) is 3.91. The Morgan fingerprint density at radius 1 is 1.44 bits per heavy atom. The molecule has 3 nitrogen and oxygen atoms in total. The average Bonchev–Trinajstić information content (AvgIpc) is 2.56. The third kappa shape index (κ3) is 4.92. The number of thiophene rings is 1. The van der Waals surface area contributed by atoms with E-state index in [4.69, 9.17) is 0 Å². The van der Waals surface area contributed by atoms with Gasteiger partial charge in [-0.3, -0.25) is 0 Å². The molecule has 0 fully saturated rings. The van der Waals surface area contributed by atoms with E-state index in [1.165, 1.54) is 11.3 Å². The van der Waals surface area contributed by atoms with Crippen LogP contribution in [0.5, 0.6) is 0 Å². The van der Waals surface area contributed by atoms with Crippen LogP contribution in [0.1, 0.15) is 25.8 Å². The fourth-order valence-electron chi connectivity index (χ4n) is 1.43. The molecule has 0 spiro atoms. The minimum Gasteiger partial charge on any atom is -0.209 e. The zero-order valence-electron chi connectivity index (χ0n) is 10.5. The Morgan fingerprint density at radius 2 is 2.06 bits per heavy atom. The Balaban J connectivity index is 2.66. The van der Waals surface area contributed by atoms with E-state index in [9.17, 15) is 8.42 Å². The van der Waals surface area contributed by atoms with E-state index in [0.29, 0.717) is 16.7 Å². The van der Waals surface area contributed by atoms with Crippen LogP contribution in [0.2, 0.25) is 0 Å². The number of rotatable bonds is 6. The van der Waals surface area contributed by atoms with Gasteiger partial charge in [0.25, 0.3) is 0 Å². The van der Waals surface area contributed by atoms with E-state index in [0.717, 1.165) is 15.8 Å². The third-order valence-corrected chi connectivity index (χ3v) is 7.05. The van der Waals surface area contributed by atoms with Crippen LogP contribution in [0.4, 0.5) is 0 Å². The van der Waals surface area contributed by atoms with Crippen molar-refractivity contribution in [2.45, 2.75) is 36.2 Å². The summed E-state index contributed by atoms with van der Waals surface area (Å²) in [6, 6.07) is 1.68. The van der Waals surface area contributed by atoms with Crippen molar-refractivity contribution in [3.05, 3.63) is 15.4 Å². The molecule has 0 aromatic carbocycles. The largest absolute Gasteiger partial charge is 0.250 e. The van der Waals surface area contributed by atoms with Gasteiger partial charge < -0.3 is 0 Å². The molecule has 0 bridgehead atoms. The highest BCUT2D eigenvalue weighted by molar-refractivity contribution is 9.11. The van der Waals surface area contributed by atoms with Crippen molar-refractivity contribution in [2.75, 3.05) is 6.54 Å². The number of aryl methyl sites for hydroxylation is 1. The number of sulfonamides is 1. The van der Waals surface area contributed by atoms with Gasteiger partial charge in [0.2, 0.25) is 10.0 Å². The Hall–Kier alpha value is 0.570. The lowest BCUT2D eigenvalue weighted by atomic mass is 10.1. The van der Waals surface area contributed by atoms with Gasteiger partial charge in [0.1, 0.15) is 4.21 Å². The third-order valence-electron chi connectivity index (χ3n) is 2.32. The van der Waals surface area contributed by atoms with Crippen LogP contribution in [-0.2, 0) is 10.0 Å². The van der Waals surface area contributed by atoms with Crippen LogP contribution in [-0.4, -0.2) is 19.8 Å². The predicted molar refractivity (Wildman–Crippen MR) is 84.1 cm³/mol. The molecular formula is C11H17Br2NO2S2. The van der Waals surface area contributed by atoms with Gasteiger partial charge in [-0.25, -0.2) is 13.1 Å². The van der Waals surface area contributed by atoms with Crippen LogP contribution < -0.4 is 4.72 Å². The molecule has 18 heavy (non-hydrogen) atoms. The lowest BCUT2D eigenvalue weighted by Crippen LogP contribution is -2.29. The number of hydrogen-bond acceptors (Lipinski definition) is 3. The summed E-state index contributed by atoms with van der Waals surface area (Å²) in [4.78, 5) is 0.164. The molecule has 1 aromatic rings. The SMILES string of the molecule is Cc1cc(S(=O)(=O)NCC(Br)CC(C)C)sc1Br. The van der Waals surface area contributed by atoms with Crippen molar-refractivity contribution in [3.63, 3.8) is 0 Å². The molecule has 0 radical (unpaired) electrons. The molecule has 1 atom stereocenters. The quantitative estimate of drug-likeness (QED) is 0.711. The molecule has 0 aliphatic heterocycles. The Labute approximate surface area is 130 Å².